The number of aromatic nitrogens is 3. The summed E-state index contributed by atoms with van der Waals surface area (Å²) in [7, 11) is 0. The second-order valence-electron chi connectivity index (χ2n) is 4.94. The van der Waals surface area contributed by atoms with Gasteiger partial charge in [-0.05, 0) is 31.0 Å². The van der Waals surface area contributed by atoms with Crippen molar-refractivity contribution in [2.45, 2.75) is 38.1 Å². The lowest BCUT2D eigenvalue weighted by molar-refractivity contribution is 0.325. The molecule has 0 amide bonds. The zero-order valence-corrected chi connectivity index (χ0v) is 10.9. The summed E-state index contributed by atoms with van der Waals surface area (Å²) in [6.07, 6.45) is 9.07. The van der Waals surface area contributed by atoms with E-state index in [0.717, 1.165) is 30.2 Å². The van der Waals surface area contributed by atoms with Gasteiger partial charge in [0.2, 0.25) is 5.89 Å². The molecule has 1 N–H and O–H groups in total. The number of hydrogen-bond acceptors (Lipinski definition) is 5. The fraction of sp³-hybridized carbons (Fsp3) is 0.500. The minimum Gasteiger partial charge on any atom is -0.338 e. The zero-order chi connectivity index (χ0) is 12.9. The molecule has 0 bridgehead atoms. The number of hydrogen-bond donors (Lipinski definition) is 1. The number of nitrogens with zero attached hydrogens (tertiary/aromatic N) is 3. The highest BCUT2D eigenvalue weighted by molar-refractivity contribution is 5.13. The third kappa shape index (κ3) is 3.17. The van der Waals surface area contributed by atoms with Crippen molar-refractivity contribution in [3.05, 3.63) is 41.8 Å². The van der Waals surface area contributed by atoms with Crippen LogP contribution in [0.1, 0.15) is 49.0 Å². The molecule has 1 fully saturated rings. The SMILES string of the molecule is c1cncc(Cc2noc(C3CCCCCN3)n2)c1. The van der Waals surface area contributed by atoms with Gasteiger partial charge >= 0.3 is 0 Å². The number of rotatable bonds is 3. The van der Waals surface area contributed by atoms with Crippen LogP contribution >= 0.6 is 0 Å². The molecule has 1 atom stereocenters. The van der Waals surface area contributed by atoms with Gasteiger partial charge in [-0.15, -0.1) is 0 Å². The topological polar surface area (TPSA) is 63.8 Å². The van der Waals surface area contributed by atoms with E-state index in [1.165, 1.54) is 19.3 Å². The predicted molar refractivity (Wildman–Crippen MR) is 70.6 cm³/mol. The first-order valence-electron chi connectivity index (χ1n) is 6.86. The van der Waals surface area contributed by atoms with Crippen LogP contribution in [0.5, 0.6) is 0 Å². The molecule has 3 rings (SSSR count). The van der Waals surface area contributed by atoms with E-state index in [4.69, 9.17) is 4.52 Å². The Morgan fingerprint density at radius 3 is 3.21 bits per heavy atom. The molecular weight excluding hydrogens is 240 g/mol. The molecule has 5 heteroatoms. The van der Waals surface area contributed by atoms with Crippen LogP contribution in [0.3, 0.4) is 0 Å². The molecule has 100 valence electrons. The Labute approximate surface area is 112 Å². The minimum absolute atomic E-state index is 0.220. The smallest absolute Gasteiger partial charge is 0.243 e. The van der Waals surface area contributed by atoms with Gasteiger partial charge in [-0.25, -0.2) is 0 Å². The highest BCUT2D eigenvalue weighted by Crippen LogP contribution is 2.21. The molecule has 3 heterocycles. The van der Waals surface area contributed by atoms with Gasteiger partial charge in [0, 0.05) is 18.8 Å². The summed E-state index contributed by atoms with van der Waals surface area (Å²) in [4.78, 5) is 8.59. The largest absolute Gasteiger partial charge is 0.338 e. The van der Waals surface area contributed by atoms with Crippen molar-refractivity contribution in [2.24, 2.45) is 0 Å². The van der Waals surface area contributed by atoms with Gasteiger partial charge < -0.3 is 9.84 Å². The molecule has 2 aromatic rings. The summed E-state index contributed by atoms with van der Waals surface area (Å²) in [5, 5.41) is 7.53. The first-order chi connectivity index (χ1) is 9.42. The lowest BCUT2D eigenvalue weighted by atomic mass is 10.1. The van der Waals surface area contributed by atoms with E-state index in [1.54, 1.807) is 6.20 Å². The number of nitrogens with one attached hydrogen (secondary N) is 1. The van der Waals surface area contributed by atoms with Gasteiger partial charge in [0.15, 0.2) is 5.82 Å². The van der Waals surface area contributed by atoms with Crippen LogP contribution in [0.4, 0.5) is 0 Å². The van der Waals surface area contributed by atoms with Gasteiger partial charge in [0.05, 0.1) is 6.04 Å². The molecule has 0 saturated carbocycles. The molecule has 2 aromatic heterocycles. The summed E-state index contributed by atoms with van der Waals surface area (Å²) < 4.78 is 5.39. The Morgan fingerprint density at radius 2 is 2.32 bits per heavy atom. The van der Waals surface area contributed by atoms with Crippen molar-refractivity contribution in [1.29, 1.82) is 0 Å². The maximum absolute atomic E-state index is 5.39. The van der Waals surface area contributed by atoms with Crippen molar-refractivity contribution in [2.75, 3.05) is 6.54 Å². The van der Waals surface area contributed by atoms with Crippen LogP contribution in [0, 0.1) is 0 Å². The van der Waals surface area contributed by atoms with Crippen LogP contribution in [0.25, 0.3) is 0 Å². The number of pyridine rings is 1. The molecule has 0 spiro atoms. The van der Waals surface area contributed by atoms with Crippen molar-refractivity contribution in [1.82, 2.24) is 20.4 Å². The Kier molecular flexibility index (Phi) is 3.83. The van der Waals surface area contributed by atoms with E-state index >= 15 is 0 Å². The standard InChI is InChI=1S/C14H18N4O/c1-2-6-12(16-8-3-1)14-17-13(18-19-14)9-11-5-4-7-15-10-11/h4-5,7,10,12,16H,1-3,6,8-9H2. The molecule has 19 heavy (non-hydrogen) atoms. The van der Waals surface area contributed by atoms with Crippen LogP contribution in [0.15, 0.2) is 29.0 Å². The summed E-state index contributed by atoms with van der Waals surface area (Å²) in [5.41, 5.74) is 1.10. The minimum atomic E-state index is 0.220. The van der Waals surface area contributed by atoms with Gasteiger partial charge in [0.25, 0.3) is 0 Å². The summed E-state index contributed by atoms with van der Waals surface area (Å²) in [5.74, 6) is 1.45. The molecular formula is C14H18N4O. The van der Waals surface area contributed by atoms with E-state index in [9.17, 15) is 0 Å². The molecule has 0 aromatic carbocycles. The van der Waals surface area contributed by atoms with Crippen LogP contribution < -0.4 is 5.32 Å². The average molecular weight is 258 g/mol. The Morgan fingerprint density at radius 1 is 1.32 bits per heavy atom. The van der Waals surface area contributed by atoms with Gasteiger partial charge in [-0.1, -0.05) is 24.1 Å². The summed E-state index contributed by atoms with van der Waals surface area (Å²) in [6.45, 7) is 1.03. The predicted octanol–water partition coefficient (Wildman–Crippen LogP) is 2.26. The molecule has 1 aliphatic rings. The fourth-order valence-electron chi connectivity index (χ4n) is 2.41. The molecule has 1 saturated heterocycles. The second-order valence-corrected chi connectivity index (χ2v) is 4.94. The lowest BCUT2D eigenvalue weighted by Gasteiger charge is -2.09. The van der Waals surface area contributed by atoms with Crippen LogP contribution in [-0.4, -0.2) is 21.7 Å². The summed E-state index contributed by atoms with van der Waals surface area (Å²) >= 11 is 0. The first-order valence-corrected chi connectivity index (χ1v) is 6.86. The van der Waals surface area contributed by atoms with Crippen molar-refractivity contribution < 1.29 is 4.52 Å². The maximum atomic E-state index is 5.39. The molecule has 1 aliphatic heterocycles. The first kappa shape index (κ1) is 12.3. The Balaban J connectivity index is 1.68. The van der Waals surface area contributed by atoms with E-state index < -0.39 is 0 Å². The third-order valence-electron chi connectivity index (χ3n) is 3.43. The summed E-state index contributed by atoms with van der Waals surface area (Å²) in [6, 6.07) is 4.16. The molecule has 0 aliphatic carbocycles. The van der Waals surface area contributed by atoms with Gasteiger partial charge in [-0.3, -0.25) is 4.98 Å². The van der Waals surface area contributed by atoms with E-state index in [-0.39, 0.29) is 6.04 Å². The highest BCUT2D eigenvalue weighted by Gasteiger charge is 2.19. The zero-order valence-electron chi connectivity index (χ0n) is 10.9. The van der Waals surface area contributed by atoms with Crippen LogP contribution in [-0.2, 0) is 6.42 Å². The van der Waals surface area contributed by atoms with Crippen molar-refractivity contribution in [3.63, 3.8) is 0 Å². The van der Waals surface area contributed by atoms with Gasteiger partial charge in [0.1, 0.15) is 0 Å². The van der Waals surface area contributed by atoms with E-state index in [2.05, 4.69) is 20.4 Å². The third-order valence-corrected chi connectivity index (χ3v) is 3.43. The quantitative estimate of drug-likeness (QED) is 0.914. The maximum Gasteiger partial charge on any atom is 0.243 e. The molecule has 1 unspecified atom stereocenters. The normalized spacial score (nSPS) is 20.1. The monoisotopic (exact) mass is 258 g/mol. The Bertz CT molecular complexity index is 503. The highest BCUT2D eigenvalue weighted by atomic mass is 16.5. The van der Waals surface area contributed by atoms with E-state index in [1.807, 2.05) is 18.3 Å². The van der Waals surface area contributed by atoms with Gasteiger partial charge in [-0.2, -0.15) is 4.98 Å². The van der Waals surface area contributed by atoms with E-state index in [0.29, 0.717) is 6.42 Å². The second kappa shape index (κ2) is 5.93. The van der Waals surface area contributed by atoms with Crippen molar-refractivity contribution in [3.8, 4) is 0 Å². The van der Waals surface area contributed by atoms with Crippen molar-refractivity contribution >= 4 is 0 Å². The lowest BCUT2D eigenvalue weighted by Crippen LogP contribution is -2.20. The molecule has 5 nitrogen and oxygen atoms in total. The fourth-order valence-corrected chi connectivity index (χ4v) is 2.41. The molecule has 0 radical (unpaired) electrons. The Hall–Kier alpha value is -1.75. The average Bonchev–Trinajstić information content (AvgIpc) is 2.74. The van der Waals surface area contributed by atoms with Crippen LogP contribution in [0.2, 0.25) is 0 Å².